The van der Waals surface area contributed by atoms with Crippen LogP contribution in [0.15, 0.2) is 17.0 Å². The molecule has 0 aliphatic carbocycles. The number of amides is 1. The van der Waals surface area contributed by atoms with Crippen molar-refractivity contribution >= 4 is 23.5 Å². The maximum atomic E-state index is 11.2. The number of rotatable bonds is 4. The van der Waals surface area contributed by atoms with Crippen LogP contribution in [0.2, 0.25) is 0 Å². The minimum Gasteiger partial charge on any atom is -0.496 e. The number of benzene rings is 1. The fraction of sp³-hybridized carbons (Fsp3) is 0.364. The van der Waals surface area contributed by atoms with E-state index < -0.39 is 6.09 Å². The van der Waals surface area contributed by atoms with Crippen molar-refractivity contribution in [1.29, 1.82) is 0 Å². The molecule has 0 radical (unpaired) electrons. The molecule has 0 spiro atoms. The fourth-order valence-electron chi connectivity index (χ4n) is 1.29. The van der Waals surface area contributed by atoms with Crippen molar-refractivity contribution in [3.63, 3.8) is 0 Å². The Balaban J connectivity index is 3.14. The molecule has 1 aromatic rings. The van der Waals surface area contributed by atoms with E-state index in [2.05, 4.69) is 10.1 Å². The van der Waals surface area contributed by atoms with E-state index in [-0.39, 0.29) is 0 Å². The molecule has 0 aliphatic rings. The first-order valence-electron chi connectivity index (χ1n) is 4.81. The standard InChI is InChI=1S/C11H15NO4S/c1-14-8-6-10(17-4)9(15-2)5-7(8)12-11(13)16-3/h5-6H,1-4H3,(H,12,13). The van der Waals surface area contributed by atoms with Crippen LogP contribution in [-0.2, 0) is 4.74 Å². The summed E-state index contributed by atoms with van der Waals surface area (Å²) in [6, 6.07) is 3.50. The first-order valence-corrected chi connectivity index (χ1v) is 6.03. The van der Waals surface area contributed by atoms with E-state index >= 15 is 0 Å². The summed E-state index contributed by atoms with van der Waals surface area (Å²) in [7, 11) is 4.41. The predicted molar refractivity (Wildman–Crippen MR) is 67.4 cm³/mol. The average Bonchev–Trinajstić information content (AvgIpc) is 2.37. The summed E-state index contributed by atoms with van der Waals surface area (Å²) in [5, 5.41) is 2.56. The maximum Gasteiger partial charge on any atom is 0.411 e. The van der Waals surface area contributed by atoms with Gasteiger partial charge >= 0.3 is 6.09 Å². The van der Waals surface area contributed by atoms with Crippen LogP contribution in [0.1, 0.15) is 0 Å². The van der Waals surface area contributed by atoms with Gasteiger partial charge in [-0.25, -0.2) is 4.79 Å². The van der Waals surface area contributed by atoms with Gasteiger partial charge in [-0.3, -0.25) is 5.32 Å². The third-order valence-electron chi connectivity index (χ3n) is 2.13. The van der Waals surface area contributed by atoms with Gasteiger partial charge in [0.25, 0.3) is 0 Å². The minimum atomic E-state index is -0.553. The largest absolute Gasteiger partial charge is 0.496 e. The second-order valence-corrected chi connectivity index (χ2v) is 3.87. The lowest BCUT2D eigenvalue weighted by Gasteiger charge is -2.13. The van der Waals surface area contributed by atoms with Gasteiger partial charge in [0, 0.05) is 6.07 Å². The average molecular weight is 257 g/mol. The molecule has 0 bridgehead atoms. The van der Waals surface area contributed by atoms with Crippen molar-refractivity contribution in [3.8, 4) is 11.5 Å². The quantitative estimate of drug-likeness (QED) is 0.840. The molecule has 0 heterocycles. The van der Waals surface area contributed by atoms with Gasteiger partial charge in [-0.2, -0.15) is 0 Å². The predicted octanol–water partition coefficient (Wildman–Crippen LogP) is 2.60. The molecule has 0 saturated heterocycles. The molecule has 1 aromatic carbocycles. The number of anilines is 1. The minimum absolute atomic E-state index is 0.508. The van der Waals surface area contributed by atoms with Gasteiger partial charge in [0.1, 0.15) is 11.5 Å². The van der Waals surface area contributed by atoms with Gasteiger partial charge < -0.3 is 14.2 Å². The third-order valence-corrected chi connectivity index (χ3v) is 2.89. The van der Waals surface area contributed by atoms with Crippen LogP contribution in [0.5, 0.6) is 11.5 Å². The number of carbonyl (C=O) groups excluding carboxylic acids is 1. The molecule has 0 atom stereocenters. The van der Waals surface area contributed by atoms with E-state index in [9.17, 15) is 4.79 Å². The Labute approximate surface area is 104 Å². The van der Waals surface area contributed by atoms with Gasteiger partial charge in [-0.15, -0.1) is 11.8 Å². The highest BCUT2D eigenvalue weighted by Gasteiger charge is 2.12. The topological polar surface area (TPSA) is 56.8 Å². The van der Waals surface area contributed by atoms with Crippen LogP contribution >= 0.6 is 11.8 Å². The van der Waals surface area contributed by atoms with Crippen molar-refractivity contribution in [2.24, 2.45) is 0 Å². The van der Waals surface area contributed by atoms with Crippen molar-refractivity contribution < 1.29 is 19.0 Å². The first kappa shape index (κ1) is 13.5. The fourth-order valence-corrected chi connectivity index (χ4v) is 1.86. The van der Waals surface area contributed by atoms with E-state index in [4.69, 9.17) is 9.47 Å². The summed E-state index contributed by atoms with van der Waals surface area (Å²) in [5.41, 5.74) is 0.508. The first-order chi connectivity index (χ1) is 8.15. The Morgan fingerprint density at radius 1 is 1.18 bits per heavy atom. The molecule has 94 valence electrons. The number of methoxy groups -OCH3 is 3. The zero-order valence-corrected chi connectivity index (χ0v) is 11.0. The van der Waals surface area contributed by atoms with Crippen LogP contribution in [0.3, 0.4) is 0 Å². The second-order valence-electron chi connectivity index (χ2n) is 3.02. The van der Waals surface area contributed by atoms with Gasteiger partial charge in [0.05, 0.1) is 31.9 Å². The van der Waals surface area contributed by atoms with Crippen LogP contribution in [0.4, 0.5) is 10.5 Å². The number of nitrogens with one attached hydrogen (secondary N) is 1. The smallest absolute Gasteiger partial charge is 0.411 e. The van der Waals surface area contributed by atoms with Crippen LogP contribution < -0.4 is 14.8 Å². The molecule has 0 saturated carbocycles. The number of hydrogen-bond acceptors (Lipinski definition) is 5. The van der Waals surface area contributed by atoms with E-state index in [1.165, 1.54) is 26.0 Å². The summed E-state index contributed by atoms with van der Waals surface area (Å²) in [6.07, 6.45) is 1.38. The lowest BCUT2D eigenvalue weighted by Crippen LogP contribution is -2.12. The van der Waals surface area contributed by atoms with Crippen LogP contribution in [0.25, 0.3) is 0 Å². The molecule has 1 N–H and O–H groups in total. The Hall–Kier alpha value is -1.56. The molecule has 17 heavy (non-hydrogen) atoms. The van der Waals surface area contributed by atoms with Gasteiger partial charge in [0.2, 0.25) is 0 Å². The van der Waals surface area contributed by atoms with Crippen LogP contribution in [0, 0.1) is 0 Å². The molecule has 0 aromatic heterocycles. The SMILES string of the molecule is COC(=O)Nc1cc(OC)c(SC)cc1OC. The van der Waals surface area contributed by atoms with Gasteiger partial charge in [0.15, 0.2) is 0 Å². The molecule has 6 heteroatoms. The molecular formula is C11H15NO4S. The molecular weight excluding hydrogens is 242 g/mol. The van der Waals surface area contributed by atoms with E-state index in [0.717, 1.165) is 4.90 Å². The third kappa shape index (κ3) is 3.20. The molecule has 0 aliphatic heterocycles. The Bertz CT molecular complexity index is 409. The molecule has 1 rings (SSSR count). The number of ether oxygens (including phenoxy) is 3. The highest BCUT2D eigenvalue weighted by molar-refractivity contribution is 7.98. The lowest BCUT2D eigenvalue weighted by atomic mass is 10.2. The van der Waals surface area contributed by atoms with Crippen LogP contribution in [-0.4, -0.2) is 33.7 Å². The Kier molecular flexibility index (Phi) is 4.96. The monoisotopic (exact) mass is 257 g/mol. The zero-order chi connectivity index (χ0) is 12.8. The lowest BCUT2D eigenvalue weighted by molar-refractivity contribution is 0.187. The van der Waals surface area contributed by atoms with Gasteiger partial charge in [-0.1, -0.05) is 0 Å². The Morgan fingerprint density at radius 3 is 2.29 bits per heavy atom. The number of hydrogen-bond donors (Lipinski definition) is 1. The van der Waals surface area contributed by atoms with E-state index in [1.54, 1.807) is 19.2 Å². The maximum absolute atomic E-state index is 11.2. The summed E-state index contributed by atoms with van der Waals surface area (Å²) in [5.74, 6) is 1.23. The summed E-state index contributed by atoms with van der Waals surface area (Å²) < 4.78 is 14.9. The molecule has 0 fully saturated rings. The van der Waals surface area contributed by atoms with Crippen molar-refractivity contribution in [1.82, 2.24) is 0 Å². The molecule has 1 amide bonds. The van der Waals surface area contributed by atoms with Crippen molar-refractivity contribution in [2.75, 3.05) is 32.9 Å². The van der Waals surface area contributed by atoms with E-state index in [0.29, 0.717) is 17.2 Å². The summed E-state index contributed by atoms with van der Waals surface area (Å²) in [4.78, 5) is 12.1. The normalized spacial score (nSPS) is 9.65. The summed E-state index contributed by atoms with van der Waals surface area (Å²) >= 11 is 1.53. The van der Waals surface area contributed by atoms with E-state index in [1.807, 2.05) is 6.26 Å². The highest BCUT2D eigenvalue weighted by Crippen LogP contribution is 2.37. The Morgan fingerprint density at radius 2 is 1.82 bits per heavy atom. The zero-order valence-electron chi connectivity index (χ0n) is 10.2. The van der Waals surface area contributed by atoms with Gasteiger partial charge in [-0.05, 0) is 12.3 Å². The highest BCUT2D eigenvalue weighted by atomic mass is 32.2. The van der Waals surface area contributed by atoms with Crippen molar-refractivity contribution in [2.45, 2.75) is 4.90 Å². The second kappa shape index (κ2) is 6.24. The van der Waals surface area contributed by atoms with Crippen molar-refractivity contribution in [3.05, 3.63) is 12.1 Å². The number of carbonyl (C=O) groups is 1. The molecule has 0 unspecified atom stereocenters. The number of thioether (sulfide) groups is 1. The summed E-state index contributed by atoms with van der Waals surface area (Å²) in [6.45, 7) is 0. The molecule has 5 nitrogen and oxygen atoms in total.